The van der Waals surface area contributed by atoms with Gasteiger partial charge < -0.3 is 24.6 Å². The predicted molar refractivity (Wildman–Crippen MR) is 172 cm³/mol. The Bertz CT molecular complexity index is 1780. The number of carbonyl (C=O) groups excluding carboxylic acids is 4. The molecule has 0 saturated carbocycles. The second kappa shape index (κ2) is 13.5. The lowest BCUT2D eigenvalue weighted by atomic mass is 10.0. The molecule has 46 heavy (non-hydrogen) atoms. The van der Waals surface area contributed by atoms with E-state index in [-0.39, 0.29) is 12.1 Å². The molecule has 1 aliphatic rings. The highest BCUT2D eigenvalue weighted by molar-refractivity contribution is 6.52. The lowest BCUT2D eigenvalue weighted by Gasteiger charge is -2.33. The zero-order valence-corrected chi connectivity index (χ0v) is 25.8. The Labute approximate surface area is 265 Å². The normalized spacial score (nSPS) is 12.8. The molecule has 1 heterocycles. The fraction of sp³-hybridized carbons (Fsp3) is 0.200. The van der Waals surface area contributed by atoms with Crippen LogP contribution in [0, 0.1) is 5.82 Å². The number of nitrogens with one attached hydrogen (secondary N) is 1. The molecule has 1 atom stereocenters. The van der Waals surface area contributed by atoms with Crippen LogP contribution in [0.2, 0.25) is 0 Å². The number of fused-ring (bicyclic) bond motifs is 1. The van der Waals surface area contributed by atoms with Crippen LogP contribution in [-0.2, 0) is 20.9 Å². The molecule has 1 aliphatic heterocycles. The zero-order chi connectivity index (χ0) is 33.0. The Balaban J connectivity index is 1.58. The zero-order valence-electron chi connectivity index (χ0n) is 25.8. The molecule has 236 valence electrons. The highest BCUT2D eigenvalue weighted by Gasteiger charge is 2.39. The smallest absolute Gasteiger partial charge is 0.299 e. The van der Waals surface area contributed by atoms with Gasteiger partial charge in [0.05, 0.1) is 25.5 Å². The largest absolute Gasteiger partial charge is 0.493 e. The number of para-hydroxylation sites is 1. The van der Waals surface area contributed by atoms with E-state index in [0.29, 0.717) is 34.0 Å². The van der Waals surface area contributed by atoms with Crippen molar-refractivity contribution in [2.24, 2.45) is 0 Å². The maximum Gasteiger partial charge on any atom is 0.299 e. The van der Waals surface area contributed by atoms with Gasteiger partial charge in [0.25, 0.3) is 17.6 Å². The van der Waals surface area contributed by atoms with Gasteiger partial charge in [-0.2, -0.15) is 0 Å². The van der Waals surface area contributed by atoms with Crippen molar-refractivity contribution >= 4 is 40.6 Å². The van der Waals surface area contributed by atoms with Crippen molar-refractivity contribution in [2.45, 2.75) is 12.6 Å². The van der Waals surface area contributed by atoms with Gasteiger partial charge in [0.2, 0.25) is 5.91 Å². The SMILES string of the molecule is COc1ccc(C(C(=O)Nc2ccc(N(C)C)cc2)N(Cc2ccc(F)cc2)C(=O)CN2C(=O)C(=O)c3ccccc32)cc1OC. The number of hydrogen-bond donors (Lipinski definition) is 1. The number of ether oxygens (including phenoxy) is 2. The van der Waals surface area contributed by atoms with Crippen molar-refractivity contribution in [2.75, 3.05) is 50.0 Å². The summed E-state index contributed by atoms with van der Waals surface area (Å²) in [4.78, 5) is 58.6. The van der Waals surface area contributed by atoms with Crippen LogP contribution in [0.25, 0.3) is 0 Å². The summed E-state index contributed by atoms with van der Waals surface area (Å²) in [5.41, 5.74) is 2.84. The van der Waals surface area contributed by atoms with Gasteiger partial charge in [-0.3, -0.25) is 24.1 Å². The molecule has 0 aromatic heterocycles. The number of anilines is 3. The summed E-state index contributed by atoms with van der Waals surface area (Å²) in [5, 5.41) is 2.91. The van der Waals surface area contributed by atoms with E-state index in [9.17, 15) is 23.6 Å². The molecule has 0 aliphatic carbocycles. The number of hydrogen-bond acceptors (Lipinski definition) is 7. The molecule has 3 amide bonds. The third kappa shape index (κ3) is 6.53. The number of nitrogens with zero attached hydrogens (tertiary/aromatic N) is 3. The fourth-order valence-corrected chi connectivity index (χ4v) is 5.29. The van der Waals surface area contributed by atoms with Gasteiger partial charge in [0.15, 0.2) is 11.5 Å². The van der Waals surface area contributed by atoms with E-state index in [1.54, 1.807) is 48.5 Å². The van der Waals surface area contributed by atoms with Crippen molar-refractivity contribution < 1.29 is 33.0 Å². The standard InChI is InChI=1S/C35H33FN4O6/c1-38(2)26-16-14-25(15-17-26)37-34(43)32(23-11-18-29(45-3)30(19-23)46-4)40(20-22-9-12-24(36)13-10-22)31(41)21-39-28-8-6-5-7-27(28)33(42)35(39)44/h5-19,32H,20-21H2,1-4H3,(H,37,43). The molecule has 0 saturated heterocycles. The fourth-order valence-electron chi connectivity index (χ4n) is 5.29. The number of ketones is 1. The van der Waals surface area contributed by atoms with Crippen molar-refractivity contribution in [1.29, 1.82) is 0 Å². The van der Waals surface area contributed by atoms with Crippen molar-refractivity contribution in [3.63, 3.8) is 0 Å². The summed E-state index contributed by atoms with van der Waals surface area (Å²) < 4.78 is 24.8. The van der Waals surface area contributed by atoms with E-state index < -0.39 is 41.9 Å². The lowest BCUT2D eigenvalue weighted by Crippen LogP contribution is -2.46. The molecule has 0 radical (unpaired) electrons. The molecule has 11 heteroatoms. The van der Waals surface area contributed by atoms with E-state index in [1.165, 1.54) is 49.5 Å². The van der Waals surface area contributed by atoms with Crippen LogP contribution in [0.15, 0.2) is 91.0 Å². The second-order valence-electron chi connectivity index (χ2n) is 10.8. The summed E-state index contributed by atoms with van der Waals surface area (Å²) in [6.07, 6.45) is 0. The molecule has 5 rings (SSSR count). The Kier molecular flexibility index (Phi) is 9.31. The minimum Gasteiger partial charge on any atom is -0.493 e. The molecule has 1 unspecified atom stereocenters. The molecule has 1 N–H and O–H groups in total. The first kappa shape index (κ1) is 31.7. The quantitative estimate of drug-likeness (QED) is 0.238. The summed E-state index contributed by atoms with van der Waals surface area (Å²) in [6.45, 7) is -0.639. The first-order chi connectivity index (χ1) is 22.1. The summed E-state index contributed by atoms with van der Waals surface area (Å²) in [7, 11) is 6.74. The molecule has 10 nitrogen and oxygen atoms in total. The molecule has 0 fully saturated rings. The first-order valence-electron chi connectivity index (χ1n) is 14.4. The monoisotopic (exact) mass is 624 g/mol. The Morgan fingerprint density at radius 2 is 1.54 bits per heavy atom. The molecule has 4 aromatic rings. The minimum absolute atomic E-state index is 0.122. The van der Waals surface area contributed by atoms with Gasteiger partial charge in [0, 0.05) is 32.0 Å². The van der Waals surface area contributed by atoms with Gasteiger partial charge in [0.1, 0.15) is 18.4 Å². The highest BCUT2D eigenvalue weighted by atomic mass is 19.1. The molecule has 4 aromatic carbocycles. The van der Waals surface area contributed by atoms with Crippen LogP contribution in [0.3, 0.4) is 0 Å². The van der Waals surface area contributed by atoms with Crippen LogP contribution >= 0.6 is 0 Å². The van der Waals surface area contributed by atoms with Crippen molar-refractivity contribution in [1.82, 2.24) is 4.90 Å². The lowest BCUT2D eigenvalue weighted by molar-refractivity contribution is -0.139. The summed E-state index contributed by atoms with van der Waals surface area (Å²) in [6, 6.07) is 22.8. The van der Waals surface area contributed by atoms with Crippen LogP contribution in [-0.4, -0.2) is 63.3 Å². The third-order valence-corrected chi connectivity index (χ3v) is 7.69. The molecule has 0 spiro atoms. The van der Waals surface area contributed by atoms with Crippen LogP contribution < -0.4 is 24.6 Å². The maximum absolute atomic E-state index is 14.3. The van der Waals surface area contributed by atoms with Crippen molar-refractivity contribution in [3.05, 3.63) is 114 Å². The number of halogens is 1. The van der Waals surface area contributed by atoms with Gasteiger partial charge >= 0.3 is 0 Å². The Hall–Kier alpha value is -5.71. The average Bonchev–Trinajstić information content (AvgIpc) is 3.30. The van der Waals surface area contributed by atoms with Gasteiger partial charge in [-0.25, -0.2) is 4.39 Å². The van der Waals surface area contributed by atoms with Gasteiger partial charge in [-0.05, 0) is 71.8 Å². The van der Waals surface area contributed by atoms with E-state index in [2.05, 4.69) is 5.32 Å². The second-order valence-corrected chi connectivity index (χ2v) is 10.8. The average molecular weight is 625 g/mol. The summed E-state index contributed by atoms with van der Waals surface area (Å²) >= 11 is 0. The third-order valence-electron chi connectivity index (χ3n) is 7.69. The van der Waals surface area contributed by atoms with Crippen LogP contribution in [0.4, 0.5) is 21.5 Å². The molecular formula is C35H33FN4O6. The number of methoxy groups -OCH3 is 2. The first-order valence-corrected chi connectivity index (χ1v) is 14.4. The van der Waals surface area contributed by atoms with E-state index in [1.807, 2.05) is 31.1 Å². The van der Waals surface area contributed by atoms with E-state index in [0.717, 1.165) is 10.6 Å². The number of carbonyl (C=O) groups is 4. The van der Waals surface area contributed by atoms with E-state index >= 15 is 0 Å². The minimum atomic E-state index is -1.26. The number of Topliss-reactive ketones (excluding diaryl/α,β-unsaturated/α-hetero) is 1. The number of rotatable bonds is 11. The van der Waals surface area contributed by atoms with Crippen molar-refractivity contribution in [3.8, 4) is 11.5 Å². The molecule has 0 bridgehead atoms. The Morgan fingerprint density at radius 3 is 2.20 bits per heavy atom. The number of benzene rings is 4. The van der Waals surface area contributed by atoms with Gasteiger partial charge in [-0.15, -0.1) is 0 Å². The predicted octanol–water partition coefficient (Wildman–Crippen LogP) is 4.85. The van der Waals surface area contributed by atoms with Gasteiger partial charge in [-0.1, -0.05) is 30.3 Å². The molecular weight excluding hydrogens is 591 g/mol. The van der Waals surface area contributed by atoms with E-state index in [4.69, 9.17) is 9.47 Å². The number of amides is 3. The van der Waals surface area contributed by atoms with Crippen LogP contribution in [0.1, 0.15) is 27.5 Å². The Morgan fingerprint density at radius 1 is 0.870 bits per heavy atom. The highest BCUT2D eigenvalue weighted by Crippen LogP contribution is 2.35. The summed E-state index contributed by atoms with van der Waals surface area (Å²) in [5.74, 6) is -2.46. The topological polar surface area (TPSA) is 108 Å². The maximum atomic E-state index is 14.3. The van der Waals surface area contributed by atoms with Crippen LogP contribution in [0.5, 0.6) is 11.5 Å².